The summed E-state index contributed by atoms with van der Waals surface area (Å²) in [4.78, 5) is 0. The standard InChI is InChI=1S/C17H32O/c1-3-5-6-7-8-10-17(18)16-13-11-15(9-4-2)12-14-16/h3,15-18H,1,4-14H2,2H3. The highest BCUT2D eigenvalue weighted by Crippen LogP contribution is 2.34. The lowest BCUT2D eigenvalue weighted by molar-refractivity contribution is 0.0636. The molecule has 0 saturated heterocycles. The summed E-state index contributed by atoms with van der Waals surface area (Å²) in [5.41, 5.74) is 0. The highest BCUT2D eigenvalue weighted by molar-refractivity contribution is 4.77. The molecule has 0 aromatic heterocycles. The van der Waals surface area contributed by atoms with Crippen LogP contribution in [0.4, 0.5) is 0 Å². The van der Waals surface area contributed by atoms with Gasteiger partial charge in [0.2, 0.25) is 0 Å². The lowest BCUT2D eigenvalue weighted by Gasteiger charge is -2.31. The summed E-state index contributed by atoms with van der Waals surface area (Å²) < 4.78 is 0. The summed E-state index contributed by atoms with van der Waals surface area (Å²) in [6.45, 7) is 6.02. The van der Waals surface area contributed by atoms with Crippen LogP contribution in [0.3, 0.4) is 0 Å². The summed E-state index contributed by atoms with van der Waals surface area (Å²) >= 11 is 0. The number of aliphatic hydroxyl groups is 1. The number of unbranched alkanes of at least 4 members (excludes halogenated alkanes) is 3. The molecule has 1 aliphatic rings. The average Bonchev–Trinajstić information content (AvgIpc) is 2.39. The first-order chi connectivity index (χ1) is 8.77. The second-order valence-electron chi connectivity index (χ2n) is 6.06. The monoisotopic (exact) mass is 252 g/mol. The Kier molecular flexibility index (Phi) is 8.41. The summed E-state index contributed by atoms with van der Waals surface area (Å²) in [7, 11) is 0. The van der Waals surface area contributed by atoms with Gasteiger partial charge < -0.3 is 5.11 Å². The second kappa shape index (κ2) is 9.61. The van der Waals surface area contributed by atoms with Gasteiger partial charge in [-0.25, -0.2) is 0 Å². The highest BCUT2D eigenvalue weighted by Gasteiger charge is 2.25. The van der Waals surface area contributed by atoms with Crippen LogP contribution < -0.4 is 0 Å². The van der Waals surface area contributed by atoms with E-state index in [1.807, 2.05) is 6.08 Å². The summed E-state index contributed by atoms with van der Waals surface area (Å²) in [6, 6.07) is 0. The maximum Gasteiger partial charge on any atom is 0.0568 e. The number of aliphatic hydroxyl groups excluding tert-OH is 1. The van der Waals surface area contributed by atoms with E-state index in [-0.39, 0.29) is 6.10 Å². The first-order valence-electron chi connectivity index (χ1n) is 8.06. The summed E-state index contributed by atoms with van der Waals surface area (Å²) in [6.07, 6.45) is 15.7. The fourth-order valence-electron chi connectivity index (χ4n) is 3.32. The Morgan fingerprint density at radius 3 is 2.50 bits per heavy atom. The molecule has 106 valence electrons. The molecule has 0 spiro atoms. The van der Waals surface area contributed by atoms with E-state index in [0.29, 0.717) is 5.92 Å². The van der Waals surface area contributed by atoms with Gasteiger partial charge in [0.05, 0.1) is 6.10 Å². The summed E-state index contributed by atoms with van der Waals surface area (Å²) in [5.74, 6) is 1.54. The molecule has 1 saturated carbocycles. The van der Waals surface area contributed by atoms with Crippen LogP contribution in [-0.4, -0.2) is 11.2 Å². The second-order valence-corrected chi connectivity index (χ2v) is 6.06. The van der Waals surface area contributed by atoms with Gasteiger partial charge in [0.1, 0.15) is 0 Å². The van der Waals surface area contributed by atoms with Crippen LogP contribution in [0.5, 0.6) is 0 Å². The van der Waals surface area contributed by atoms with E-state index in [2.05, 4.69) is 13.5 Å². The van der Waals surface area contributed by atoms with Crippen molar-refractivity contribution in [2.24, 2.45) is 11.8 Å². The van der Waals surface area contributed by atoms with Gasteiger partial charge in [-0.1, -0.05) is 51.5 Å². The van der Waals surface area contributed by atoms with Crippen molar-refractivity contribution in [3.05, 3.63) is 12.7 Å². The summed E-state index contributed by atoms with van der Waals surface area (Å²) in [5, 5.41) is 10.2. The first-order valence-corrected chi connectivity index (χ1v) is 8.06. The minimum Gasteiger partial charge on any atom is -0.393 e. The molecule has 0 aliphatic heterocycles. The van der Waals surface area contributed by atoms with Gasteiger partial charge in [-0.3, -0.25) is 0 Å². The molecule has 1 rings (SSSR count). The van der Waals surface area contributed by atoms with E-state index in [4.69, 9.17) is 0 Å². The molecule has 1 unspecified atom stereocenters. The Bertz CT molecular complexity index is 204. The Balaban J connectivity index is 2.08. The van der Waals surface area contributed by atoms with Crippen LogP contribution in [0.15, 0.2) is 12.7 Å². The third-order valence-corrected chi connectivity index (χ3v) is 4.54. The molecule has 1 aliphatic carbocycles. The minimum absolute atomic E-state index is 0.0312. The number of rotatable bonds is 9. The van der Waals surface area contributed by atoms with Crippen LogP contribution in [0.2, 0.25) is 0 Å². The van der Waals surface area contributed by atoms with Crippen molar-refractivity contribution in [1.82, 2.24) is 0 Å². The zero-order valence-electron chi connectivity index (χ0n) is 12.2. The van der Waals surface area contributed by atoms with Gasteiger partial charge in [0.25, 0.3) is 0 Å². The van der Waals surface area contributed by atoms with Crippen LogP contribution in [0.1, 0.15) is 77.6 Å². The van der Waals surface area contributed by atoms with Gasteiger partial charge in [-0.05, 0) is 43.9 Å². The fourth-order valence-corrected chi connectivity index (χ4v) is 3.32. The molecule has 1 atom stereocenters. The molecule has 0 heterocycles. The van der Waals surface area contributed by atoms with Gasteiger partial charge >= 0.3 is 0 Å². The molecule has 1 fully saturated rings. The maximum absolute atomic E-state index is 10.2. The Hall–Kier alpha value is -0.300. The number of hydrogen-bond acceptors (Lipinski definition) is 1. The lowest BCUT2D eigenvalue weighted by atomic mass is 9.77. The van der Waals surface area contributed by atoms with Crippen LogP contribution in [-0.2, 0) is 0 Å². The SMILES string of the molecule is C=CCCCCCC(O)C1CCC(CCC)CC1. The van der Waals surface area contributed by atoms with E-state index < -0.39 is 0 Å². The van der Waals surface area contributed by atoms with Crippen molar-refractivity contribution >= 4 is 0 Å². The number of hydrogen-bond donors (Lipinski definition) is 1. The molecule has 1 N–H and O–H groups in total. The van der Waals surface area contributed by atoms with Crippen molar-refractivity contribution in [3.8, 4) is 0 Å². The molecule has 0 bridgehead atoms. The number of allylic oxidation sites excluding steroid dienone is 1. The van der Waals surface area contributed by atoms with Crippen LogP contribution in [0, 0.1) is 11.8 Å². The average molecular weight is 252 g/mol. The van der Waals surface area contributed by atoms with Gasteiger partial charge in [0, 0.05) is 0 Å². The highest BCUT2D eigenvalue weighted by atomic mass is 16.3. The molecule has 1 heteroatoms. The predicted molar refractivity (Wildman–Crippen MR) is 79.6 cm³/mol. The topological polar surface area (TPSA) is 20.2 Å². The molecule has 0 amide bonds. The van der Waals surface area contributed by atoms with E-state index in [9.17, 15) is 5.11 Å². The van der Waals surface area contributed by atoms with Crippen LogP contribution >= 0.6 is 0 Å². The van der Waals surface area contributed by atoms with Crippen molar-refractivity contribution in [2.75, 3.05) is 0 Å². The predicted octanol–water partition coefficient (Wildman–Crippen LogP) is 5.09. The Morgan fingerprint density at radius 1 is 1.17 bits per heavy atom. The minimum atomic E-state index is -0.0312. The van der Waals surface area contributed by atoms with Gasteiger partial charge in [-0.2, -0.15) is 0 Å². The van der Waals surface area contributed by atoms with Crippen molar-refractivity contribution in [1.29, 1.82) is 0 Å². The smallest absolute Gasteiger partial charge is 0.0568 e. The molecule has 0 radical (unpaired) electrons. The molecule has 0 aromatic carbocycles. The van der Waals surface area contributed by atoms with Crippen molar-refractivity contribution < 1.29 is 5.11 Å². The van der Waals surface area contributed by atoms with E-state index in [1.165, 1.54) is 57.8 Å². The van der Waals surface area contributed by atoms with E-state index in [1.54, 1.807) is 0 Å². The quantitative estimate of drug-likeness (QED) is 0.447. The zero-order chi connectivity index (χ0) is 13.2. The maximum atomic E-state index is 10.2. The van der Waals surface area contributed by atoms with Gasteiger partial charge in [0.15, 0.2) is 0 Å². The van der Waals surface area contributed by atoms with Crippen LogP contribution in [0.25, 0.3) is 0 Å². The molecule has 18 heavy (non-hydrogen) atoms. The zero-order valence-corrected chi connectivity index (χ0v) is 12.2. The first kappa shape index (κ1) is 15.8. The largest absolute Gasteiger partial charge is 0.393 e. The van der Waals surface area contributed by atoms with Crippen molar-refractivity contribution in [2.45, 2.75) is 83.7 Å². The molecular formula is C17H32O. The van der Waals surface area contributed by atoms with Gasteiger partial charge in [-0.15, -0.1) is 6.58 Å². The molecule has 1 nitrogen and oxygen atoms in total. The third kappa shape index (κ3) is 6.04. The lowest BCUT2D eigenvalue weighted by Crippen LogP contribution is -2.25. The molecular weight excluding hydrogens is 220 g/mol. The fraction of sp³-hybridized carbons (Fsp3) is 0.882. The third-order valence-electron chi connectivity index (χ3n) is 4.54. The normalized spacial score (nSPS) is 25.9. The van der Waals surface area contributed by atoms with E-state index >= 15 is 0 Å². The van der Waals surface area contributed by atoms with E-state index in [0.717, 1.165) is 18.8 Å². The van der Waals surface area contributed by atoms with Crippen molar-refractivity contribution in [3.63, 3.8) is 0 Å². The Morgan fingerprint density at radius 2 is 1.89 bits per heavy atom. The molecule has 0 aromatic rings. The Labute approximate surface area is 114 Å².